The average Bonchev–Trinajstić information content (AvgIpc) is 3.36. The van der Waals surface area contributed by atoms with Gasteiger partial charge >= 0.3 is 0 Å². The fraction of sp³-hybridized carbons (Fsp3) is 0.0286. The molecule has 0 unspecified atom stereocenters. The van der Waals surface area contributed by atoms with Crippen molar-refractivity contribution in [2.75, 3.05) is 12.4 Å². The van der Waals surface area contributed by atoms with Gasteiger partial charge in [-0.2, -0.15) is 0 Å². The van der Waals surface area contributed by atoms with Crippen LogP contribution in [0.2, 0.25) is 0 Å². The molecule has 0 fully saturated rings. The summed E-state index contributed by atoms with van der Waals surface area (Å²) in [5, 5.41) is 3.56. The minimum absolute atomic E-state index is 0.625. The zero-order valence-corrected chi connectivity index (χ0v) is 21.6. The molecule has 0 spiro atoms. The van der Waals surface area contributed by atoms with Crippen LogP contribution in [0.15, 0.2) is 143 Å². The van der Waals surface area contributed by atoms with E-state index in [1.54, 1.807) is 7.05 Å². The van der Waals surface area contributed by atoms with E-state index in [1.807, 2.05) is 54.6 Å². The number of ether oxygens (including phenoxy) is 1. The van der Waals surface area contributed by atoms with E-state index in [-0.39, 0.29) is 0 Å². The van der Waals surface area contributed by atoms with E-state index in [4.69, 9.17) is 4.74 Å². The summed E-state index contributed by atoms with van der Waals surface area (Å²) in [7, 11) is 1.78. The molecule has 5 aromatic carbocycles. The zero-order chi connectivity index (χ0) is 26.6. The van der Waals surface area contributed by atoms with Gasteiger partial charge in [-0.15, -0.1) is 0 Å². The third-order valence-corrected chi connectivity index (χ3v) is 6.79. The normalized spacial score (nSPS) is 14.4. The number of hydrogen-bond acceptors (Lipinski definition) is 4. The number of nitrogens with zero attached hydrogens (tertiary/aromatic N) is 2. The Balaban J connectivity index is 1.37. The molecular weight excluding hydrogens is 478 g/mol. The van der Waals surface area contributed by atoms with Crippen molar-refractivity contribution in [2.45, 2.75) is 0 Å². The Labute approximate surface area is 228 Å². The molecule has 1 N–H and O–H groups in total. The Morgan fingerprint density at radius 2 is 1.36 bits per heavy atom. The van der Waals surface area contributed by atoms with E-state index in [1.165, 1.54) is 0 Å². The molecule has 188 valence electrons. The van der Waals surface area contributed by atoms with Crippen molar-refractivity contribution in [3.05, 3.63) is 144 Å². The van der Waals surface area contributed by atoms with Gasteiger partial charge in [-0.05, 0) is 59.8 Å². The summed E-state index contributed by atoms with van der Waals surface area (Å²) >= 11 is 0. The van der Waals surface area contributed by atoms with Crippen LogP contribution in [0.4, 0.5) is 11.4 Å². The van der Waals surface area contributed by atoms with Crippen molar-refractivity contribution in [1.29, 1.82) is 0 Å². The maximum absolute atomic E-state index is 6.28. The summed E-state index contributed by atoms with van der Waals surface area (Å²) in [4.78, 5) is 8.90. The lowest BCUT2D eigenvalue weighted by Gasteiger charge is -2.13. The first-order valence-corrected chi connectivity index (χ1v) is 12.8. The van der Waals surface area contributed by atoms with Crippen LogP contribution in [-0.4, -0.2) is 19.5 Å². The SMILES string of the molecule is C=N/C(=C1/Oc2ccc(-c3cccc(-c4ccccc4Nc4ccccc4)c3)cc2C1=NC)c1ccccc1. The average molecular weight is 506 g/mol. The highest BCUT2D eigenvalue weighted by Gasteiger charge is 2.29. The summed E-state index contributed by atoms with van der Waals surface area (Å²) in [6, 6.07) is 43.4. The number of hydrogen-bond donors (Lipinski definition) is 1. The fourth-order valence-electron chi connectivity index (χ4n) is 4.92. The highest BCUT2D eigenvalue weighted by atomic mass is 16.5. The van der Waals surface area contributed by atoms with Crippen molar-refractivity contribution >= 4 is 29.5 Å². The number of benzene rings is 5. The molecule has 0 amide bonds. The molecule has 0 saturated carbocycles. The van der Waals surface area contributed by atoms with E-state index < -0.39 is 0 Å². The Morgan fingerprint density at radius 3 is 2.13 bits per heavy atom. The van der Waals surface area contributed by atoms with Gasteiger partial charge in [-0.25, -0.2) is 0 Å². The van der Waals surface area contributed by atoms with Gasteiger partial charge in [-0.1, -0.05) is 91.0 Å². The fourth-order valence-corrected chi connectivity index (χ4v) is 4.92. The van der Waals surface area contributed by atoms with Crippen LogP contribution in [0.25, 0.3) is 28.0 Å². The molecule has 0 saturated heterocycles. The molecule has 0 aliphatic carbocycles. The molecule has 0 radical (unpaired) electrons. The van der Waals surface area contributed by atoms with Gasteiger partial charge in [0.25, 0.3) is 0 Å². The summed E-state index contributed by atoms with van der Waals surface area (Å²) < 4.78 is 6.28. The minimum Gasteiger partial charge on any atom is -0.452 e. The Morgan fingerprint density at radius 1 is 0.667 bits per heavy atom. The molecule has 1 aliphatic heterocycles. The molecule has 1 aliphatic rings. The highest BCUT2D eigenvalue weighted by Crippen LogP contribution is 2.39. The Kier molecular flexibility index (Phi) is 6.59. The molecule has 4 heteroatoms. The third kappa shape index (κ3) is 4.76. The molecule has 39 heavy (non-hydrogen) atoms. The van der Waals surface area contributed by atoms with Crippen molar-refractivity contribution < 1.29 is 4.74 Å². The van der Waals surface area contributed by atoms with Gasteiger partial charge in [0.2, 0.25) is 0 Å². The molecular formula is C35H27N3O. The van der Waals surface area contributed by atoms with E-state index in [9.17, 15) is 0 Å². The predicted molar refractivity (Wildman–Crippen MR) is 163 cm³/mol. The third-order valence-electron chi connectivity index (χ3n) is 6.79. The van der Waals surface area contributed by atoms with Crippen molar-refractivity contribution in [2.24, 2.45) is 9.98 Å². The summed E-state index contributed by atoms with van der Waals surface area (Å²) in [6.07, 6.45) is 0. The van der Waals surface area contributed by atoms with Gasteiger partial charge < -0.3 is 10.1 Å². The number of rotatable bonds is 6. The van der Waals surface area contributed by atoms with Crippen LogP contribution in [0.3, 0.4) is 0 Å². The number of allylic oxidation sites excluding steroid dienone is 1. The van der Waals surface area contributed by atoms with Crippen LogP contribution in [0.1, 0.15) is 11.1 Å². The maximum Gasteiger partial charge on any atom is 0.179 e. The van der Waals surface area contributed by atoms with Gasteiger partial charge in [0.05, 0.1) is 0 Å². The molecule has 6 rings (SSSR count). The van der Waals surface area contributed by atoms with Crippen molar-refractivity contribution in [1.82, 2.24) is 0 Å². The predicted octanol–water partition coefficient (Wildman–Crippen LogP) is 8.64. The lowest BCUT2D eigenvalue weighted by molar-refractivity contribution is 0.470. The second-order valence-electron chi connectivity index (χ2n) is 9.20. The lowest BCUT2D eigenvalue weighted by Crippen LogP contribution is -2.04. The van der Waals surface area contributed by atoms with Crippen molar-refractivity contribution in [3.63, 3.8) is 0 Å². The number of aliphatic imine (C=N–C) groups is 2. The standard InChI is InChI=1S/C35H27N3O/c1-36-33(24-12-5-3-6-13-24)35-34(37-2)30-23-26(20-21-32(30)39-35)25-14-11-15-27(22-25)29-18-9-10-19-31(29)38-28-16-7-4-8-17-28/h3-23,38H,1H2,2H3/b35-33+,37-34?. The van der Waals surface area contributed by atoms with Crippen LogP contribution in [0.5, 0.6) is 5.75 Å². The smallest absolute Gasteiger partial charge is 0.179 e. The Hall–Kier alpha value is -5.22. The van der Waals surface area contributed by atoms with Gasteiger partial charge in [0, 0.05) is 35.1 Å². The molecule has 0 bridgehead atoms. The van der Waals surface area contributed by atoms with E-state index >= 15 is 0 Å². The number of nitrogens with one attached hydrogen (secondary N) is 1. The second-order valence-corrected chi connectivity index (χ2v) is 9.20. The summed E-state index contributed by atoms with van der Waals surface area (Å²) in [5.41, 5.74) is 9.91. The van der Waals surface area contributed by atoms with Crippen LogP contribution >= 0.6 is 0 Å². The molecule has 0 atom stereocenters. The highest BCUT2D eigenvalue weighted by molar-refractivity contribution is 6.19. The number of para-hydroxylation sites is 2. The Bertz CT molecular complexity index is 1720. The monoisotopic (exact) mass is 505 g/mol. The summed E-state index contributed by atoms with van der Waals surface area (Å²) in [6.45, 7) is 3.80. The lowest BCUT2D eigenvalue weighted by atomic mass is 9.96. The van der Waals surface area contributed by atoms with E-state index in [0.717, 1.165) is 56.2 Å². The molecule has 4 nitrogen and oxygen atoms in total. The van der Waals surface area contributed by atoms with Gasteiger partial charge in [-0.3, -0.25) is 9.98 Å². The van der Waals surface area contributed by atoms with Gasteiger partial charge in [0.15, 0.2) is 5.76 Å². The second kappa shape index (κ2) is 10.6. The van der Waals surface area contributed by atoms with E-state index in [2.05, 4.69) is 94.8 Å². The minimum atomic E-state index is 0.625. The summed E-state index contributed by atoms with van der Waals surface area (Å²) in [5.74, 6) is 1.39. The topological polar surface area (TPSA) is 46.0 Å². The first-order valence-electron chi connectivity index (χ1n) is 12.8. The maximum atomic E-state index is 6.28. The zero-order valence-electron chi connectivity index (χ0n) is 21.6. The largest absolute Gasteiger partial charge is 0.452 e. The van der Waals surface area contributed by atoms with Crippen molar-refractivity contribution in [3.8, 4) is 28.0 Å². The van der Waals surface area contributed by atoms with Crippen LogP contribution < -0.4 is 10.1 Å². The first-order chi connectivity index (χ1) is 19.2. The number of fused-ring (bicyclic) bond motifs is 1. The van der Waals surface area contributed by atoms with Crippen LogP contribution in [-0.2, 0) is 0 Å². The molecule has 0 aromatic heterocycles. The first kappa shape index (κ1) is 24.1. The molecule has 5 aromatic rings. The molecule has 1 heterocycles. The number of anilines is 2. The quantitative estimate of drug-likeness (QED) is 0.235. The van der Waals surface area contributed by atoms with Gasteiger partial charge in [0.1, 0.15) is 17.2 Å². The van der Waals surface area contributed by atoms with E-state index in [0.29, 0.717) is 11.5 Å². The van der Waals surface area contributed by atoms with Crippen LogP contribution in [0, 0.1) is 0 Å².